The highest BCUT2D eigenvalue weighted by atomic mass is 32.1. The molecule has 0 saturated carbocycles. The number of nitriles is 1. The molecule has 2 aromatic rings. The second-order valence-electron chi connectivity index (χ2n) is 3.75. The topological polar surface area (TPSA) is 48.7 Å². The van der Waals surface area contributed by atoms with Crippen molar-refractivity contribution in [2.24, 2.45) is 0 Å². The zero-order chi connectivity index (χ0) is 14.0. The van der Waals surface area contributed by atoms with Gasteiger partial charge in [0.25, 0.3) is 0 Å². The van der Waals surface area contributed by atoms with Gasteiger partial charge in [-0.3, -0.25) is 0 Å². The highest BCUT2D eigenvalue weighted by Gasteiger charge is 2.33. The van der Waals surface area contributed by atoms with Crippen LogP contribution in [0.5, 0.6) is 0 Å². The number of para-hydroxylation sites is 1. The van der Waals surface area contributed by atoms with Crippen molar-refractivity contribution in [1.82, 2.24) is 4.37 Å². The van der Waals surface area contributed by atoms with E-state index in [0.29, 0.717) is 10.7 Å². The molecule has 0 aliphatic rings. The molecule has 19 heavy (non-hydrogen) atoms. The van der Waals surface area contributed by atoms with Crippen LogP contribution >= 0.6 is 11.5 Å². The predicted molar refractivity (Wildman–Crippen MR) is 66.3 cm³/mol. The van der Waals surface area contributed by atoms with Gasteiger partial charge in [0.1, 0.15) is 16.6 Å². The Hall–Kier alpha value is -2.07. The van der Waals surface area contributed by atoms with Gasteiger partial charge in [0.05, 0.1) is 16.9 Å². The standard InChI is InChI=1S/C12H8F3N3S/c1-7-8(6-16)11(19-18-7)17-10-5-3-2-4-9(10)12(13,14)15/h2-5,17H,1H3. The quantitative estimate of drug-likeness (QED) is 0.903. The summed E-state index contributed by atoms with van der Waals surface area (Å²) < 4.78 is 42.4. The first-order chi connectivity index (χ1) is 8.93. The van der Waals surface area contributed by atoms with E-state index in [-0.39, 0.29) is 11.3 Å². The van der Waals surface area contributed by atoms with Gasteiger partial charge in [0.2, 0.25) is 0 Å². The van der Waals surface area contributed by atoms with Gasteiger partial charge in [0.15, 0.2) is 0 Å². The zero-order valence-corrected chi connectivity index (χ0v) is 10.6. The maximum Gasteiger partial charge on any atom is 0.418 e. The molecule has 0 aliphatic heterocycles. The van der Waals surface area contributed by atoms with Crippen molar-refractivity contribution < 1.29 is 13.2 Å². The van der Waals surface area contributed by atoms with E-state index in [1.807, 2.05) is 6.07 Å². The van der Waals surface area contributed by atoms with Crippen molar-refractivity contribution >= 4 is 22.2 Å². The smallest absolute Gasteiger partial charge is 0.344 e. The van der Waals surface area contributed by atoms with Crippen molar-refractivity contribution in [2.45, 2.75) is 13.1 Å². The third-order valence-corrected chi connectivity index (χ3v) is 3.31. The molecular formula is C12H8F3N3S. The summed E-state index contributed by atoms with van der Waals surface area (Å²) in [6.07, 6.45) is -4.45. The first-order valence-corrected chi connectivity index (χ1v) is 6.00. The molecule has 0 aliphatic carbocycles. The van der Waals surface area contributed by atoms with Crippen molar-refractivity contribution in [1.29, 1.82) is 5.26 Å². The van der Waals surface area contributed by atoms with Crippen LogP contribution in [0.3, 0.4) is 0 Å². The minimum absolute atomic E-state index is 0.0878. The molecule has 1 aromatic carbocycles. The van der Waals surface area contributed by atoms with Crippen LogP contribution in [0.15, 0.2) is 24.3 Å². The van der Waals surface area contributed by atoms with Crippen molar-refractivity contribution in [3.05, 3.63) is 41.1 Å². The Morgan fingerprint density at radius 1 is 1.32 bits per heavy atom. The number of halogens is 3. The van der Waals surface area contributed by atoms with E-state index in [1.54, 1.807) is 6.92 Å². The van der Waals surface area contributed by atoms with Crippen molar-refractivity contribution in [3.8, 4) is 6.07 Å². The number of rotatable bonds is 2. The Kier molecular flexibility index (Phi) is 3.44. The summed E-state index contributed by atoms with van der Waals surface area (Å²) >= 11 is 0.964. The third-order valence-electron chi connectivity index (χ3n) is 2.46. The average Bonchev–Trinajstić information content (AvgIpc) is 2.69. The monoisotopic (exact) mass is 283 g/mol. The summed E-state index contributed by atoms with van der Waals surface area (Å²) in [5.74, 6) is 0. The molecule has 7 heteroatoms. The molecule has 3 nitrogen and oxygen atoms in total. The fourth-order valence-corrected chi connectivity index (χ4v) is 2.31. The number of benzene rings is 1. The van der Waals surface area contributed by atoms with Gasteiger partial charge in [0, 0.05) is 0 Å². The zero-order valence-electron chi connectivity index (χ0n) is 9.75. The molecule has 1 heterocycles. The number of hydrogen-bond acceptors (Lipinski definition) is 4. The molecule has 1 aromatic heterocycles. The van der Waals surface area contributed by atoms with Gasteiger partial charge < -0.3 is 5.32 Å². The molecule has 0 spiro atoms. The second kappa shape index (κ2) is 4.90. The minimum atomic E-state index is -4.45. The molecule has 0 amide bonds. The number of aromatic nitrogens is 1. The Morgan fingerprint density at radius 3 is 2.63 bits per heavy atom. The molecule has 1 N–H and O–H groups in total. The van der Waals surface area contributed by atoms with E-state index >= 15 is 0 Å². The predicted octanol–water partition coefficient (Wildman–Crippen LogP) is 4.09. The largest absolute Gasteiger partial charge is 0.418 e. The molecule has 0 bridgehead atoms. The normalized spacial score (nSPS) is 11.1. The molecular weight excluding hydrogens is 275 g/mol. The van der Waals surface area contributed by atoms with Gasteiger partial charge in [-0.2, -0.15) is 22.8 Å². The minimum Gasteiger partial charge on any atom is -0.344 e. The SMILES string of the molecule is Cc1nsc(Nc2ccccc2C(F)(F)F)c1C#N. The highest BCUT2D eigenvalue weighted by Crippen LogP contribution is 2.37. The summed E-state index contributed by atoms with van der Waals surface area (Å²) in [7, 11) is 0. The Bertz CT molecular complexity index is 640. The molecule has 98 valence electrons. The summed E-state index contributed by atoms with van der Waals surface area (Å²) in [6.45, 7) is 1.63. The number of alkyl halides is 3. The van der Waals surface area contributed by atoms with Crippen LogP contribution in [0.2, 0.25) is 0 Å². The summed E-state index contributed by atoms with van der Waals surface area (Å²) in [6, 6.07) is 7.05. The van der Waals surface area contributed by atoms with E-state index in [0.717, 1.165) is 17.6 Å². The van der Waals surface area contributed by atoms with Crippen LogP contribution in [0.1, 0.15) is 16.8 Å². The van der Waals surface area contributed by atoms with E-state index in [1.165, 1.54) is 18.2 Å². The van der Waals surface area contributed by atoms with E-state index in [2.05, 4.69) is 9.69 Å². The summed E-state index contributed by atoms with van der Waals surface area (Å²) in [5.41, 5.74) is -0.0958. The Labute approximate surface area is 111 Å². The van der Waals surface area contributed by atoms with Crippen LogP contribution in [-0.4, -0.2) is 4.37 Å². The van der Waals surface area contributed by atoms with Crippen LogP contribution in [-0.2, 0) is 6.18 Å². The first kappa shape index (κ1) is 13.4. The number of nitrogens with one attached hydrogen (secondary N) is 1. The molecule has 0 fully saturated rings. The number of anilines is 2. The summed E-state index contributed by atoms with van der Waals surface area (Å²) in [4.78, 5) is 0. The molecule has 0 unspecified atom stereocenters. The average molecular weight is 283 g/mol. The lowest BCUT2D eigenvalue weighted by Gasteiger charge is -2.13. The van der Waals surface area contributed by atoms with Gasteiger partial charge in [-0.25, -0.2) is 0 Å². The Balaban J connectivity index is 2.42. The number of nitrogens with zero attached hydrogens (tertiary/aromatic N) is 2. The van der Waals surface area contributed by atoms with E-state index in [9.17, 15) is 13.2 Å². The van der Waals surface area contributed by atoms with Crippen LogP contribution in [0.4, 0.5) is 23.9 Å². The third kappa shape index (κ3) is 2.69. The van der Waals surface area contributed by atoms with E-state index < -0.39 is 11.7 Å². The maximum absolute atomic E-state index is 12.8. The van der Waals surface area contributed by atoms with Crippen LogP contribution < -0.4 is 5.32 Å². The Morgan fingerprint density at radius 2 is 2.00 bits per heavy atom. The molecule has 2 rings (SSSR count). The van der Waals surface area contributed by atoms with Gasteiger partial charge >= 0.3 is 6.18 Å². The number of hydrogen-bond donors (Lipinski definition) is 1. The van der Waals surface area contributed by atoms with Gasteiger partial charge in [-0.1, -0.05) is 12.1 Å². The summed E-state index contributed by atoms with van der Waals surface area (Å²) in [5, 5.41) is 11.9. The van der Waals surface area contributed by atoms with Gasteiger partial charge in [-0.15, -0.1) is 0 Å². The highest BCUT2D eigenvalue weighted by molar-refractivity contribution is 7.10. The molecule has 0 radical (unpaired) electrons. The lowest BCUT2D eigenvalue weighted by atomic mass is 10.1. The number of aryl methyl sites for hydroxylation is 1. The second-order valence-corrected chi connectivity index (χ2v) is 4.53. The fourth-order valence-electron chi connectivity index (χ4n) is 1.55. The first-order valence-electron chi connectivity index (χ1n) is 5.23. The molecule has 0 saturated heterocycles. The molecule has 0 atom stereocenters. The van der Waals surface area contributed by atoms with Crippen LogP contribution in [0, 0.1) is 18.3 Å². The fraction of sp³-hybridized carbons (Fsp3) is 0.167. The van der Waals surface area contributed by atoms with Crippen LogP contribution in [0.25, 0.3) is 0 Å². The van der Waals surface area contributed by atoms with Crippen molar-refractivity contribution in [3.63, 3.8) is 0 Å². The maximum atomic E-state index is 12.8. The lowest BCUT2D eigenvalue weighted by Crippen LogP contribution is -2.08. The van der Waals surface area contributed by atoms with E-state index in [4.69, 9.17) is 5.26 Å². The van der Waals surface area contributed by atoms with Gasteiger partial charge in [-0.05, 0) is 30.6 Å². The van der Waals surface area contributed by atoms with Crippen molar-refractivity contribution in [2.75, 3.05) is 5.32 Å². The lowest BCUT2D eigenvalue weighted by molar-refractivity contribution is -0.136.